The van der Waals surface area contributed by atoms with Gasteiger partial charge in [-0.2, -0.15) is 0 Å². The van der Waals surface area contributed by atoms with Gasteiger partial charge in [-0.15, -0.1) is 11.3 Å². The topological polar surface area (TPSA) is 21.3 Å². The third-order valence-corrected chi connectivity index (χ3v) is 16.0. The molecule has 0 saturated heterocycles. The van der Waals surface area contributed by atoms with Crippen molar-refractivity contribution in [2.24, 2.45) is 0 Å². The van der Waals surface area contributed by atoms with E-state index in [1.807, 2.05) is 11.3 Å². The Morgan fingerprint density at radius 2 is 1.35 bits per heavy atom. The molecule has 5 heteroatoms. The second-order valence-electron chi connectivity index (χ2n) is 20.4. The summed E-state index contributed by atoms with van der Waals surface area (Å²) in [7, 11) is 0. The molecule has 13 rings (SSSR count). The Labute approximate surface area is 355 Å². The van der Waals surface area contributed by atoms with Gasteiger partial charge >= 0.3 is 6.85 Å². The minimum absolute atomic E-state index is 0.0486. The molecule has 0 N–H and O–H groups in total. The lowest BCUT2D eigenvalue weighted by Gasteiger charge is -2.46. The normalized spacial score (nSPS) is 16.4. The first-order valence-electron chi connectivity index (χ1n) is 21.7. The van der Waals surface area contributed by atoms with Crippen molar-refractivity contribution in [2.45, 2.75) is 84.5 Å². The number of nitrogens with zero attached hydrogens (tertiary/aromatic N) is 2. The zero-order valence-electron chi connectivity index (χ0n) is 35.7. The van der Waals surface area contributed by atoms with Crippen molar-refractivity contribution in [1.29, 1.82) is 0 Å². The van der Waals surface area contributed by atoms with Crippen LogP contribution in [0.25, 0.3) is 80.7 Å². The molecule has 0 spiro atoms. The summed E-state index contributed by atoms with van der Waals surface area (Å²) in [6, 6.07) is 44.6. The molecule has 0 bridgehead atoms. The standard InChI is InChI=1S/C55H47BN2OS/c1-30-23-38-35-25-40-41(55(7,8)22-21-54(40,5)6)27-44(35)58(32-19-17-31(18-20-32)53(2,3)4)56-42-26-37-34-14-10-12-16-48(34)60-49(37)29-45(42)57-43-28-47-36(33-13-9-11-15-46(33)59-47)24-39(43)50(30)52(57)51(38)56/h9-20,23-29H,21-22H2,1-8H3. The van der Waals surface area contributed by atoms with Crippen LogP contribution in [0.1, 0.15) is 83.6 Å². The number of para-hydroxylation sites is 1. The highest BCUT2D eigenvalue weighted by atomic mass is 32.1. The van der Waals surface area contributed by atoms with Crippen LogP contribution in [0.2, 0.25) is 0 Å². The van der Waals surface area contributed by atoms with Gasteiger partial charge in [0.1, 0.15) is 11.2 Å². The van der Waals surface area contributed by atoms with E-state index in [0.29, 0.717) is 0 Å². The van der Waals surface area contributed by atoms with E-state index in [-0.39, 0.29) is 23.1 Å². The fourth-order valence-electron chi connectivity index (χ4n) is 11.6. The van der Waals surface area contributed by atoms with Crippen LogP contribution in [-0.4, -0.2) is 11.4 Å². The summed E-state index contributed by atoms with van der Waals surface area (Å²) < 4.78 is 11.9. The number of furan rings is 1. The molecule has 3 aliphatic rings. The molecule has 3 aromatic heterocycles. The summed E-state index contributed by atoms with van der Waals surface area (Å²) >= 11 is 1.91. The Bertz CT molecular complexity index is 3550. The second-order valence-corrected chi connectivity index (χ2v) is 21.5. The zero-order valence-corrected chi connectivity index (χ0v) is 36.5. The molecule has 0 saturated carbocycles. The van der Waals surface area contributed by atoms with Gasteiger partial charge in [0.05, 0.1) is 11.0 Å². The average Bonchev–Trinajstić information content (AvgIpc) is 3.89. The highest BCUT2D eigenvalue weighted by Gasteiger charge is 2.47. The van der Waals surface area contributed by atoms with E-state index in [2.05, 4.69) is 180 Å². The van der Waals surface area contributed by atoms with E-state index < -0.39 is 0 Å². The molecule has 3 nitrogen and oxygen atoms in total. The molecule has 60 heavy (non-hydrogen) atoms. The van der Waals surface area contributed by atoms with Crippen molar-refractivity contribution >= 4 is 104 Å². The Morgan fingerprint density at radius 1 is 0.633 bits per heavy atom. The average molecular weight is 795 g/mol. The minimum atomic E-state index is -0.0486. The summed E-state index contributed by atoms with van der Waals surface area (Å²) in [5.41, 5.74) is 19.5. The van der Waals surface area contributed by atoms with Crippen molar-refractivity contribution in [3.63, 3.8) is 0 Å². The fourth-order valence-corrected chi connectivity index (χ4v) is 12.7. The number of benzene rings is 7. The van der Waals surface area contributed by atoms with Crippen LogP contribution < -0.4 is 15.7 Å². The van der Waals surface area contributed by atoms with Crippen LogP contribution in [0.15, 0.2) is 120 Å². The quantitative estimate of drug-likeness (QED) is 0.154. The van der Waals surface area contributed by atoms with Crippen LogP contribution in [0.5, 0.6) is 0 Å². The molecular formula is C55H47BN2OS. The molecule has 0 unspecified atom stereocenters. The first-order valence-corrected chi connectivity index (χ1v) is 22.6. The molecule has 292 valence electrons. The van der Waals surface area contributed by atoms with Crippen LogP contribution >= 0.6 is 11.3 Å². The van der Waals surface area contributed by atoms with E-state index in [4.69, 9.17) is 4.42 Å². The van der Waals surface area contributed by atoms with Crippen LogP contribution in [-0.2, 0) is 16.2 Å². The summed E-state index contributed by atoms with van der Waals surface area (Å²) in [4.78, 5) is 2.73. The monoisotopic (exact) mass is 794 g/mol. The molecule has 0 atom stereocenters. The molecule has 1 aliphatic carbocycles. The van der Waals surface area contributed by atoms with Gasteiger partial charge in [0.15, 0.2) is 0 Å². The van der Waals surface area contributed by atoms with Crippen molar-refractivity contribution in [3.8, 4) is 16.8 Å². The maximum atomic E-state index is 6.63. The lowest BCUT2D eigenvalue weighted by Crippen LogP contribution is -2.60. The van der Waals surface area contributed by atoms with E-state index in [1.165, 1.54) is 127 Å². The van der Waals surface area contributed by atoms with Crippen molar-refractivity contribution in [1.82, 2.24) is 4.57 Å². The first kappa shape index (κ1) is 35.0. The summed E-state index contributed by atoms with van der Waals surface area (Å²) in [5.74, 6) is 0. The molecular weight excluding hydrogens is 747 g/mol. The third kappa shape index (κ3) is 4.46. The lowest BCUT2D eigenvalue weighted by molar-refractivity contribution is 0.332. The van der Waals surface area contributed by atoms with E-state index >= 15 is 0 Å². The van der Waals surface area contributed by atoms with E-state index in [9.17, 15) is 0 Å². The zero-order chi connectivity index (χ0) is 40.8. The number of hydrogen-bond donors (Lipinski definition) is 0. The van der Waals surface area contributed by atoms with E-state index in [0.717, 1.165) is 11.2 Å². The molecule has 5 heterocycles. The number of thiophene rings is 1. The molecule has 0 amide bonds. The van der Waals surface area contributed by atoms with E-state index in [1.54, 1.807) is 0 Å². The number of hydrogen-bond acceptors (Lipinski definition) is 3. The number of fused-ring (bicyclic) bond motifs is 15. The fraction of sp³-hybridized carbons (Fsp3) is 0.236. The maximum Gasteiger partial charge on any atom is 0.333 e. The van der Waals surface area contributed by atoms with Crippen molar-refractivity contribution < 1.29 is 4.42 Å². The lowest BCUT2D eigenvalue weighted by atomic mass is 9.43. The Balaban J connectivity index is 1.23. The predicted octanol–water partition coefficient (Wildman–Crippen LogP) is 14.2. The van der Waals surface area contributed by atoms with Gasteiger partial charge in [-0.05, 0) is 123 Å². The SMILES string of the molecule is Cc1cc2c3c4c1c1cc5c(cc1n4-c1cc4sc6ccccc6c4cc1B3N(c1ccc(C(C)(C)C)cc1)c1cc3c(cc1-2)C(C)(C)CCC3(C)C)oc1ccccc15. The van der Waals surface area contributed by atoms with Gasteiger partial charge in [0, 0.05) is 70.4 Å². The smallest absolute Gasteiger partial charge is 0.333 e. The van der Waals surface area contributed by atoms with Crippen LogP contribution in [0, 0.1) is 6.92 Å². The first-order chi connectivity index (χ1) is 28.8. The minimum Gasteiger partial charge on any atom is -0.456 e. The molecule has 2 aliphatic heterocycles. The van der Waals surface area contributed by atoms with Crippen LogP contribution in [0.4, 0.5) is 11.4 Å². The molecule has 0 radical (unpaired) electrons. The van der Waals surface area contributed by atoms with Crippen molar-refractivity contribution in [2.75, 3.05) is 4.81 Å². The molecule has 0 fully saturated rings. The molecule has 7 aromatic carbocycles. The number of anilines is 2. The van der Waals surface area contributed by atoms with Gasteiger partial charge < -0.3 is 13.8 Å². The highest BCUT2D eigenvalue weighted by Crippen LogP contribution is 2.53. The Hall–Kier alpha value is -5.78. The van der Waals surface area contributed by atoms with Gasteiger partial charge in [0.25, 0.3) is 0 Å². The third-order valence-electron chi connectivity index (χ3n) is 14.9. The maximum absolute atomic E-state index is 6.63. The van der Waals surface area contributed by atoms with Gasteiger partial charge in [-0.3, -0.25) is 0 Å². The Morgan fingerprint density at radius 3 is 2.12 bits per heavy atom. The number of aryl methyl sites for hydroxylation is 1. The highest BCUT2D eigenvalue weighted by molar-refractivity contribution is 7.25. The number of rotatable bonds is 1. The van der Waals surface area contributed by atoms with Crippen LogP contribution in [0.3, 0.4) is 0 Å². The Kier molecular flexibility index (Phi) is 6.61. The molecule has 10 aromatic rings. The number of aromatic nitrogens is 1. The summed E-state index contributed by atoms with van der Waals surface area (Å²) in [5, 5.41) is 7.63. The van der Waals surface area contributed by atoms with Gasteiger partial charge in [-0.25, -0.2) is 0 Å². The second kappa shape index (κ2) is 11.3. The van der Waals surface area contributed by atoms with Crippen molar-refractivity contribution in [3.05, 3.63) is 138 Å². The predicted molar refractivity (Wildman–Crippen MR) is 259 cm³/mol. The largest absolute Gasteiger partial charge is 0.456 e. The summed E-state index contributed by atoms with van der Waals surface area (Å²) in [6.07, 6.45) is 2.36. The van der Waals surface area contributed by atoms with Gasteiger partial charge in [0.2, 0.25) is 0 Å². The summed E-state index contributed by atoms with van der Waals surface area (Å²) in [6.45, 7) is 19.1. The van der Waals surface area contributed by atoms with Gasteiger partial charge in [-0.1, -0.05) is 109 Å².